The van der Waals surface area contributed by atoms with Crippen molar-refractivity contribution >= 4 is 0 Å². The molecule has 2 bridgehead atoms. The predicted octanol–water partition coefficient (Wildman–Crippen LogP) is -4.65. The van der Waals surface area contributed by atoms with Gasteiger partial charge < -0.3 is 45.2 Å². The summed E-state index contributed by atoms with van der Waals surface area (Å²) in [4.78, 5) is 0. The van der Waals surface area contributed by atoms with Crippen LogP contribution in [0.1, 0.15) is 12.8 Å². The van der Waals surface area contributed by atoms with Crippen molar-refractivity contribution in [3.8, 4) is 0 Å². The molecule has 3 saturated heterocycles. The summed E-state index contributed by atoms with van der Waals surface area (Å²) >= 11 is 0. The van der Waals surface area contributed by atoms with Crippen LogP contribution in [0.15, 0.2) is 0 Å². The summed E-state index contributed by atoms with van der Waals surface area (Å²) in [6.45, 7) is -0.595. The number of aliphatic hydroxyl groups is 7. The number of hydrogen-bond donors (Lipinski definition) is 8. The third-order valence-electron chi connectivity index (χ3n) is 4.96. The first-order valence-electron chi connectivity index (χ1n) is 7.60. The Hall–Kier alpha value is -0.400. The highest BCUT2D eigenvalue weighted by molar-refractivity contribution is 5.08. The zero-order chi connectivity index (χ0) is 16.9. The molecule has 3 rings (SSSR count). The molecule has 0 aliphatic carbocycles. The number of aliphatic hydroxyl groups excluding tert-OH is 6. The van der Waals surface area contributed by atoms with Gasteiger partial charge in [-0.3, -0.25) is 5.32 Å². The van der Waals surface area contributed by atoms with Crippen LogP contribution in [0.3, 0.4) is 0 Å². The Bertz CT molecular complexity index is 438. The molecule has 3 aliphatic heterocycles. The number of nitrogens with one attached hydrogen (secondary N) is 1. The number of piperidine rings is 1. The van der Waals surface area contributed by atoms with Gasteiger partial charge in [0.1, 0.15) is 48.5 Å². The van der Waals surface area contributed by atoms with E-state index in [-0.39, 0.29) is 6.42 Å². The lowest BCUT2D eigenvalue weighted by Gasteiger charge is -2.46. The van der Waals surface area contributed by atoms with Crippen molar-refractivity contribution in [2.45, 2.75) is 73.6 Å². The smallest absolute Gasteiger partial charge is 0.187 e. The second kappa shape index (κ2) is 6.15. The molecule has 0 aromatic rings. The average Bonchev–Trinajstić information content (AvgIpc) is 2.90. The molecule has 0 saturated carbocycles. The highest BCUT2D eigenvalue weighted by Gasteiger charge is 2.57. The second-order valence-electron chi connectivity index (χ2n) is 6.45. The van der Waals surface area contributed by atoms with Gasteiger partial charge in [0.15, 0.2) is 6.29 Å². The molecule has 10 nitrogen and oxygen atoms in total. The first-order valence-corrected chi connectivity index (χ1v) is 7.60. The Morgan fingerprint density at radius 3 is 2.39 bits per heavy atom. The van der Waals surface area contributed by atoms with Crippen LogP contribution < -0.4 is 5.32 Å². The molecule has 10 heteroatoms. The summed E-state index contributed by atoms with van der Waals surface area (Å²) in [5, 5.41) is 71.7. The minimum atomic E-state index is -1.60. The molecule has 10 atom stereocenters. The van der Waals surface area contributed by atoms with Crippen LogP contribution in [0.4, 0.5) is 0 Å². The second-order valence-corrected chi connectivity index (χ2v) is 6.45. The van der Waals surface area contributed by atoms with Crippen molar-refractivity contribution in [2.24, 2.45) is 0 Å². The fourth-order valence-corrected chi connectivity index (χ4v) is 3.53. The van der Waals surface area contributed by atoms with Crippen LogP contribution in [-0.2, 0) is 9.47 Å². The largest absolute Gasteiger partial charge is 0.394 e. The minimum absolute atomic E-state index is 0.227. The summed E-state index contributed by atoms with van der Waals surface area (Å²) in [5.41, 5.74) is -1.58. The molecular formula is C13H23NO9. The van der Waals surface area contributed by atoms with Gasteiger partial charge in [0, 0.05) is 6.04 Å². The molecule has 0 aromatic carbocycles. The van der Waals surface area contributed by atoms with Gasteiger partial charge in [0.2, 0.25) is 0 Å². The van der Waals surface area contributed by atoms with Crippen LogP contribution >= 0.6 is 0 Å². The van der Waals surface area contributed by atoms with E-state index in [1.165, 1.54) is 0 Å². The lowest BCUT2D eigenvalue weighted by Crippen LogP contribution is -2.69. The van der Waals surface area contributed by atoms with Gasteiger partial charge in [-0.2, -0.15) is 0 Å². The van der Waals surface area contributed by atoms with Crippen LogP contribution in [0.25, 0.3) is 0 Å². The Balaban J connectivity index is 1.73. The van der Waals surface area contributed by atoms with E-state index in [1.54, 1.807) is 0 Å². The molecule has 0 radical (unpaired) electrons. The summed E-state index contributed by atoms with van der Waals surface area (Å²) in [7, 11) is 0. The van der Waals surface area contributed by atoms with Crippen molar-refractivity contribution in [1.29, 1.82) is 0 Å². The average molecular weight is 337 g/mol. The molecule has 0 amide bonds. The third-order valence-corrected chi connectivity index (χ3v) is 4.96. The minimum Gasteiger partial charge on any atom is -0.394 e. The van der Waals surface area contributed by atoms with E-state index in [9.17, 15) is 30.6 Å². The maximum atomic E-state index is 10.2. The molecule has 8 N–H and O–H groups in total. The molecule has 23 heavy (non-hydrogen) atoms. The van der Waals surface area contributed by atoms with Crippen LogP contribution in [0.2, 0.25) is 0 Å². The summed E-state index contributed by atoms with van der Waals surface area (Å²) < 4.78 is 10.7. The zero-order valence-electron chi connectivity index (χ0n) is 12.3. The van der Waals surface area contributed by atoms with Crippen molar-refractivity contribution in [3.63, 3.8) is 0 Å². The van der Waals surface area contributed by atoms with Crippen molar-refractivity contribution in [1.82, 2.24) is 5.32 Å². The van der Waals surface area contributed by atoms with Gasteiger partial charge in [-0.1, -0.05) is 0 Å². The predicted molar refractivity (Wildman–Crippen MR) is 71.8 cm³/mol. The van der Waals surface area contributed by atoms with Crippen molar-refractivity contribution < 1.29 is 45.2 Å². The maximum absolute atomic E-state index is 10.2. The van der Waals surface area contributed by atoms with Gasteiger partial charge in [-0.05, 0) is 12.8 Å². The molecule has 0 aromatic heterocycles. The van der Waals surface area contributed by atoms with Crippen molar-refractivity contribution in [2.75, 3.05) is 6.61 Å². The van der Waals surface area contributed by atoms with Gasteiger partial charge in [0.05, 0.1) is 6.61 Å². The monoisotopic (exact) mass is 337 g/mol. The SMILES string of the molecule is OCC1OC(O[C@H]2[C@@H](O)[C@H](O)[C@]3(O)CC[C@@H]2N3)C(O)C(O)C1O. The van der Waals surface area contributed by atoms with Gasteiger partial charge in [0.25, 0.3) is 0 Å². The van der Waals surface area contributed by atoms with Crippen LogP contribution in [-0.4, -0.2) is 103 Å². The zero-order valence-corrected chi connectivity index (χ0v) is 12.3. The molecule has 3 fully saturated rings. The molecule has 3 aliphatic rings. The van der Waals surface area contributed by atoms with Gasteiger partial charge in [-0.25, -0.2) is 0 Å². The van der Waals surface area contributed by atoms with E-state index in [2.05, 4.69) is 5.32 Å². The standard InChI is InChI=1S/C13H23NO9/c15-3-5-6(16)7(17)8(18)12(22-5)23-10-4-1-2-13(21,14-4)11(20)9(10)19/h4-12,14-21H,1-3H2/t4-,5?,6?,7?,8?,9+,10+,11-,12?,13+/m0/s1. The Morgan fingerprint density at radius 2 is 1.74 bits per heavy atom. The van der Waals surface area contributed by atoms with E-state index in [4.69, 9.17) is 14.6 Å². The normalized spacial score (nSPS) is 56.7. The first kappa shape index (κ1) is 17.4. The van der Waals surface area contributed by atoms with Crippen molar-refractivity contribution in [3.05, 3.63) is 0 Å². The first-order chi connectivity index (χ1) is 10.8. The van der Waals surface area contributed by atoms with E-state index in [1.807, 2.05) is 0 Å². The Labute approximate surface area is 131 Å². The topological polar surface area (TPSA) is 172 Å². The fraction of sp³-hybridized carbons (Fsp3) is 1.00. The Kier molecular flexibility index (Phi) is 4.66. The van der Waals surface area contributed by atoms with Crippen LogP contribution in [0.5, 0.6) is 0 Å². The van der Waals surface area contributed by atoms with Crippen LogP contribution in [0, 0.1) is 0 Å². The quantitative estimate of drug-likeness (QED) is 0.250. The van der Waals surface area contributed by atoms with E-state index in [0.717, 1.165) is 0 Å². The summed E-state index contributed by atoms with van der Waals surface area (Å²) in [6.07, 6.45) is -10.5. The number of fused-ring (bicyclic) bond motifs is 2. The summed E-state index contributed by atoms with van der Waals surface area (Å²) in [5.74, 6) is 0. The lowest BCUT2D eigenvalue weighted by molar-refractivity contribution is -0.327. The lowest BCUT2D eigenvalue weighted by atomic mass is 9.93. The molecule has 0 spiro atoms. The highest BCUT2D eigenvalue weighted by atomic mass is 16.7. The molecular weight excluding hydrogens is 314 g/mol. The van der Waals surface area contributed by atoms with E-state index < -0.39 is 67.4 Å². The Morgan fingerprint density at radius 1 is 1.04 bits per heavy atom. The number of hydrogen-bond acceptors (Lipinski definition) is 10. The highest BCUT2D eigenvalue weighted by Crippen LogP contribution is 2.37. The molecule has 134 valence electrons. The third kappa shape index (κ3) is 2.78. The maximum Gasteiger partial charge on any atom is 0.187 e. The van der Waals surface area contributed by atoms with E-state index in [0.29, 0.717) is 6.42 Å². The fourth-order valence-electron chi connectivity index (χ4n) is 3.53. The van der Waals surface area contributed by atoms with Gasteiger partial charge in [-0.15, -0.1) is 0 Å². The van der Waals surface area contributed by atoms with E-state index >= 15 is 0 Å². The molecule has 3 heterocycles. The summed E-state index contributed by atoms with van der Waals surface area (Å²) in [6, 6.07) is -0.481. The molecule has 5 unspecified atom stereocenters. The van der Waals surface area contributed by atoms with Gasteiger partial charge >= 0.3 is 0 Å². The number of rotatable bonds is 3. The number of ether oxygens (including phenoxy) is 2.